The Hall–Kier alpha value is -1.04. The van der Waals surface area contributed by atoms with Crippen LogP contribution in [-0.4, -0.2) is 44.3 Å². The lowest BCUT2D eigenvalue weighted by atomic mass is 10.0. The van der Waals surface area contributed by atoms with E-state index in [0.717, 1.165) is 25.7 Å². The second-order valence-electron chi connectivity index (χ2n) is 5.63. The van der Waals surface area contributed by atoms with Crippen LogP contribution in [0, 0.1) is 5.92 Å². The number of hydrogen-bond acceptors (Lipinski definition) is 4. The third kappa shape index (κ3) is 2.63. The molecule has 0 aromatic heterocycles. The highest BCUT2D eigenvalue weighted by atomic mass is 32.2. The van der Waals surface area contributed by atoms with Crippen LogP contribution in [0.5, 0.6) is 0 Å². The Morgan fingerprint density at radius 1 is 1.21 bits per heavy atom. The normalized spacial score (nSPS) is 26.6. The van der Waals surface area contributed by atoms with E-state index >= 15 is 0 Å². The number of nitrogens with zero attached hydrogens (tertiary/aromatic N) is 1. The molecule has 0 unspecified atom stereocenters. The van der Waals surface area contributed by atoms with Gasteiger partial charge in [0.05, 0.1) is 4.87 Å². The zero-order valence-corrected chi connectivity index (χ0v) is 12.0. The van der Waals surface area contributed by atoms with Crippen molar-refractivity contribution in [2.75, 3.05) is 5.75 Å². The molecule has 1 atom stereocenters. The second kappa shape index (κ2) is 5.15. The molecule has 5 nitrogen and oxygen atoms in total. The number of ketones is 1. The molecule has 1 aliphatic carbocycles. The van der Waals surface area contributed by atoms with E-state index in [4.69, 9.17) is 0 Å². The first-order chi connectivity index (χ1) is 8.84. The summed E-state index contributed by atoms with van der Waals surface area (Å²) in [4.78, 5) is 36.4. The first-order valence-electron chi connectivity index (χ1n) is 6.59. The summed E-state index contributed by atoms with van der Waals surface area (Å²) in [7, 11) is 0. The molecular weight excluding hydrogens is 266 g/mol. The molecule has 0 spiro atoms. The van der Waals surface area contributed by atoms with Crippen molar-refractivity contribution in [3.05, 3.63) is 0 Å². The molecule has 0 radical (unpaired) electrons. The Bertz CT molecular complexity index is 415. The molecule has 1 amide bonds. The molecule has 2 aliphatic rings. The maximum Gasteiger partial charge on any atom is 0.327 e. The van der Waals surface area contributed by atoms with E-state index < -0.39 is 28.6 Å². The van der Waals surface area contributed by atoms with E-state index in [1.807, 2.05) is 0 Å². The average molecular weight is 285 g/mol. The van der Waals surface area contributed by atoms with Gasteiger partial charge in [0, 0.05) is 11.7 Å². The second-order valence-corrected chi connectivity index (χ2v) is 7.25. The van der Waals surface area contributed by atoms with Crippen molar-refractivity contribution in [3.8, 4) is 0 Å². The summed E-state index contributed by atoms with van der Waals surface area (Å²) in [6.45, 7) is 3.58. The molecule has 1 N–H and O–H groups in total. The van der Waals surface area contributed by atoms with Gasteiger partial charge < -0.3 is 10.0 Å². The fraction of sp³-hybridized carbons (Fsp3) is 0.769. The van der Waals surface area contributed by atoms with Crippen LogP contribution in [0.2, 0.25) is 0 Å². The van der Waals surface area contributed by atoms with Gasteiger partial charge in [-0.3, -0.25) is 9.59 Å². The lowest BCUT2D eigenvalue weighted by Gasteiger charge is -2.33. The highest BCUT2D eigenvalue weighted by Crippen LogP contribution is 2.40. The van der Waals surface area contributed by atoms with Gasteiger partial charge >= 0.3 is 5.97 Å². The third-order valence-corrected chi connectivity index (χ3v) is 5.31. The number of carbonyl (C=O) groups is 3. The van der Waals surface area contributed by atoms with Crippen molar-refractivity contribution >= 4 is 29.4 Å². The zero-order valence-electron chi connectivity index (χ0n) is 11.2. The summed E-state index contributed by atoms with van der Waals surface area (Å²) >= 11 is 1.40. The van der Waals surface area contributed by atoms with Crippen LogP contribution in [0.1, 0.15) is 39.5 Å². The van der Waals surface area contributed by atoms with E-state index in [1.54, 1.807) is 13.8 Å². The summed E-state index contributed by atoms with van der Waals surface area (Å²) in [6.07, 6.45) is 3.46. The first-order valence-corrected chi connectivity index (χ1v) is 7.57. The SMILES string of the molecule is CC1(C)SC[C@@H](C(=O)O)N1C(=O)C(=O)C1CCCC1. The quantitative estimate of drug-likeness (QED) is 0.796. The monoisotopic (exact) mass is 285 g/mol. The average Bonchev–Trinajstić information content (AvgIpc) is 2.94. The Balaban J connectivity index is 2.19. The summed E-state index contributed by atoms with van der Waals surface area (Å²) in [6, 6.07) is -0.891. The van der Waals surface area contributed by atoms with Gasteiger partial charge in [-0.25, -0.2) is 4.79 Å². The van der Waals surface area contributed by atoms with Gasteiger partial charge in [0.1, 0.15) is 6.04 Å². The van der Waals surface area contributed by atoms with Crippen LogP contribution < -0.4 is 0 Å². The number of carboxylic acid groups (broad SMARTS) is 1. The van der Waals surface area contributed by atoms with Crippen LogP contribution >= 0.6 is 11.8 Å². The largest absolute Gasteiger partial charge is 0.480 e. The minimum Gasteiger partial charge on any atom is -0.480 e. The van der Waals surface area contributed by atoms with Gasteiger partial charge in [-0.05, 0) is 26.7 Å². The summed E-state index contributed by atoms with van der Waals surface area (Å²) in [5.74, 6) is -1.92. The number of rotatable bonds is 3. The molecule has 0 aromatic carbocycles. The van der Waals surface area contributed by atoms with E-state index in [9.17, 15) is 19.5 Å². The van der Waals surface area contributed by atoms with Crippen molar-refractivity contribution in [1.82, 2.24) is 4.90 Å². The molecule has 1 heterocycles. The number of amides is 1. The molecule has 1 aliphatic heterocycles. The van der Waals surface area contributed by atoms with Crippen molar-refractivity contribution in [3.63, 3.8) is 0 Å². The number of carbonyl (C=O) groups excluding carboxylic acids is 2. The number of Topliss-reactive ketones (excluding diaryl/α,β-unsaturated/α-hetero) is 1. The van der Waals surface area contributed by atoms with Gasteiger partial charge in [0.25, 0.3) is 5.91 Å². The van der Waals surface area contributed by atoms with Gasteiger partial charge in [-0.15, -0.1) is 11.8 Å². The third-order valence-electron chi connectivity index (χ3n) is 3.93. The Morgan fingerprint density at radius 3 is 2.32 bits per heavy atom. The molecule has 6 heteroatoms. The van der Waals surface area contributed by atoms with Crippen LogP contribution in [0.4, 0.5) is 0 Å². The van der Waals surface area contributed by atoms with Crippen LogP contribution in [0.3, 0.4) is 0 Å². The first kappa shape index (κ1) is 14.4. The Kier molecular flexibility index (Phi) is 3.90. The Morgan fingerprint density at radius 2 is 1.79 bits per heavy atom. The van der Waals surface area contributed by atoms with E-state index in [0.29, 0.717) is 5.75 Å². The molecule has 0 aromatic rings. The standard InChI is InChI=1S/C13H19NO4S/c1-13(2)14(9(7-19-13)12(17)18)11(16)10(15)8-5-3-4-6-8/h8-9H,3-7H2,1-2H3,(H,17,18)/t9-/m0/s1. The lowest BCUT2D eigenvalue weighted by Crippen LogP contribution is -2.53. The van der Waals surface area contributed by atoms with Gasteiger partial charge in [-0.2, -0.15) is 0 Å². The molecule has 1 saturated carbocycles. The van der Waals surface area contributed by atoms with E-state index in [-0.39, 0.29) is 5.92 Å². The molecule has 2 rings (SSSR count). The summed E-state index contributed by atoms with van der Waals surface area (Å²) in [5, 5.41) is 9.19. The maximum absolute atomic E-state index is 12.4. The molecule has 19 heavy (non-hydrogen) atoms. The minimum atomic E-state index is -1.04. The van der Waals surface area contributed by atoms with E-state index in [2.05, 4.69) is 0 Å². The minimum absolute atomic E-state index is 0.205. The Labute approximate surface area is 116 Å². The highest BCUT2D eigenvalue weighted by molar-refractivity contribution is 8.00. The molecule has 106 valence electrons. The lowest BCUT2D eigenvalue weighted by molar-refractivity contribution is -0.155. The fourth-order valence-corrected chi connectivity index (χ4v) is 4.06. The zero-order chi connectivity index (χ0) is 14.2. The predicted molar refractivity (Wildman–Crippen MR) is 71.8 cm³/mol. The predicted octanol–water partition coefficient (Wildman–Crippen LogP) is 1.51. The fourth-order valence-electron chi connectivity index (χ4n) is 2.85. The molecular formula is C13H19NO4S. The number of hydrogen-bond donors (Lipinski definition) is 1. The molecule has 1 saturated heterocycles. The van der Waals surface area contributed by atoms with Crippen molar-refractivity contribution in [2.24, 2.45) is 5.92 Å². The number of carboxylic acids is 1. The van der Waals surface area contributed by atoms with Gasteiger partial charge in [-0.1, -0.05) is 12.8 Å². The van der Waals surface area contributed by atoms with Crippen molar-refractivity contribution in [1.29, 1.82) is 0 Å². The smallest absolute Gasteiger partial charge is 0.327 e. The van der Waals surface area contributed by atoms with Crippen molar-refractivity contribution in [2.45, 2.75) is 50.4 Å². The topological polar surface area (TPSA) is 74.7 Å². The number of aliphatic carboxylic acids is 1. The van der Waals surface area contributed by atoms with Crippen LogP contribution in [0.25, 0.3) is 0 Å². The maximum atomic E-state index is 12.4. The number of thioether (sulfide) groups is 1. The van der Waals surface area contributed by atoms with Crippen LogP contribution in [-0.2, 0) is 14.4 Å². The van der Waals surface area contributed by atoms with Gasteiger partial charge in [0.2, 0.25) is 5.78 Å². The summed E-state index contributed by atoms with van der Waals surface area (Å²) in [5.41, 5.74) is 0. The van der Waals surface area contributed by atoms with Gasteiger partial charge in [0.15, 0.2) is 0 Å². The highest BCUT2D eigenvalue weighted by Gasteiger charge is 2.49. The molecule has 0 bridgehead atoms. The van der Waals surface area contributed by atoms with Crippen LogP contribution in [0.15, 0.2) is 0 Å². The van der Waals surface area contributed by atoms with E-state index in [1.165, 1.54) is 16.7 Å². The summed E-state index contributed by atoms with van der Waals surface area (Å²) < 4.78 is 0. The molecule has 2 fully saturated rings. The van der Waals surface area contributed by atoms with Crippen molar-refractivity contribution < 1.29 is 19.5 Å².